The summed E-state index contributed by atoms with van der Waals surface area (Å²) in [5.41, 5.74) is 3.67. The maximum Gasteiger partial charge on any atom is 0.102 e. The van der Waals surface area contributed by atoms with Gasteiger partial charge in [0.1, 0.15) is 5.69 Å². The highest BCUT2D eigenvalue weighted by Crippen LogP contribution is 2.25. The molecule has 0 bridgehead atoms. The molecule has 1 aliphatic rings. The standard InChI is InChI=1S/C15H21N5/c1-3-13-10-20(11-14-9-19(2)18-17-14)15-7-5-4-6-12(15)8-16-13/h4-7,9,13,16H,3,8,10-11H2,1-2H3. The van der Waals surface area contributed by atoms with Crippen LogP contribution in [0.3, 0.4) is 0 Å². The fourth-order valence-electron chi connectivity index (χ4n) is 2.74. The van der Waals surface area contributed by atoms with Crippen LogP contribution in [0.2, 0.25) is 0 Å². The molecule has 0 saturated heterocycles. The minimum absolute atomic E-state index is 0.513. The van der Waals surface area contributed by atoms with Crippen molar-refractivity contribution in [2.75, 3.05) is 11.4 Å². The summed E-state index contributed by atoms with van der Waals surface area (Å²) in [6.07, 6.45) is 3.12. The molecule has 1 aromatic carbocycles. The van der Waals surface area contributed by atoms with Crippen LogP contribution < -0.4 is 10.2 Å². The molecule has 5 heteroatoms. The van der Waals surface area contributed by atoms with Gasteiger partial charge in [0, 0.05) is 38.1 Å². The molecule has 0 amide bonds. The number of nitrogens with zero attached hydrogens (tertiary/aromatic N) is 4. The van der Waals surface area contributed by atoms with Crippen molar-refractivity contribution in [2.45, 2.75) is 32.5 Å². The fourth-order valence-corrected chi connectivity index (χ4v) is 2.74. The Morgan fingerprint density at radius 3 is 2.95 bits per heavy atom. The van der Waals surface area contributed by atoms with Crippen LogP contribution in [0, 0.1) is 0 Å². The van der Waals surface area contributed by atoms with Gasteiger partial charge in [-0.05, 0) is 18.1 Å². The van der Waals surface area contributed by atoms with Gasteiger partial charge in [-0.25, -0.2) is 0 Å². The van der Waals surface area contributed by atoms with E-state index in [1.807, 2.05) is 13.2 Å². The lowest BCUT2D eigenvalue weighted by atomic mass is 10.1. The van der Waals surface area contributed by atoms with Crippen molar-refractivity contribution < 1.29 is 0 Å². The zero-order valence-electron chi connectivity index (χ0n) is 12.1. The molecule has 2 aromatic rings. The smallest absolute Gasteiger partial charge is 0.102 e. The summed E-state index contributed by atoms with van der Waals surface area (Å²) in [6, 6.07) is 9.12. The molecule has 20 heavy (non-hydrogen) atoms. The summed E-state index contributed by atoms with van der Waals surface area (Å²) in [4.78, 5) is 2.41. The molecule has 5 nitrogen and oxygen atoms in total. The number of aromatic nitrogens is 3. The molecular formula is C15H21N5. The lowest BCUT2D eigenvalue weighted by Gasteiger charge is -2.26. The molecule has 1 atom stereocenters. The number of fused-ring (bicyclic) bond motifs is 1. The van der Waals surface area contributed by atoms with Crippen molar-refractivity contribution in [1.82, 2.24) is 20.3 Å². The Balaban J connectivity index is 1.89. The van der Waals surface area contributed by atoms with Crippen LogP contribution in [0.1, 0.15) is 24.6 Å². The molecule has 1 aromatic heterocycles. The van der Waals surface area contributed by atoms with E-state index >= 15 is 0 Å². The molecule has 3 rings (SSSR count). The van der Waals surface area contributed by atoms with Crippen LogP contribution in [0.5, 0.6) is 0 Å². The second-order valence-corrected chi connectivity index (χ2v) is 5.38. The van der Waals surface area contributed by atoms with Crippen LogP contribution in [-0.4, -0.2) is 27.6 Å². The third-order valence-electron chi connectivity index (χ3n) is 3.85. The van der Waals surface area contributed by atoms with Gasteiger partial charge in [0.05, 0.1) is 6.54 Å². The molecule has 1 unspecified atom stereocenters. The molecule has 1 aliphatic heterocycles. The van der Waals surface area contributed by atoms with Crippen molar-refractivity contribution in [3.63, 3.8) is 0 Å². The summed E-state index contributed by atoms with van der Waals surface area (Å²) in [5.74, 6) is 0. The predicted molar refractivity (Wildman–Crippen MR) is 79.4 cm³/mol. The molecule has 1 N–H and O–H groups in total. The highest BCUT2D eigenvalue weighted by Gasteiger charge is 2.20. The summed E-state index contributed by atoms with van der Waals surface area (Å²) < 4.78 is 1.76. The van der Waals surface area contributed by atoms with Crippen molar-refractivity contribution in [3.8, 4) is 0 Å². The molecule has 0 radical (unpaired) electrons. The van der Waals surface area contributed by atoms with E-state index in [9.17, 15) is 0 Å². The van der Waals surface area contributed by atoms with Gasteiger partial charge in [0.25, 0.3) is 0 Å². The summed E-state index contributed by atoms with van der Waals surface area (Å²) in [5, 5.41) is 11.9. The van der Waals surface area contributed by atoms with Crippen molar-refractivity contribution >= 4 is 5.69 Å². The lowest BCUT2D eigenvalue weighted by molar-refractivity contribution is 0.501. The molecule has 0 saturated carbocycles. The van der Waals surface area contributed by atoms with E-state index in [-0.39, 0.29) is 0 Å². The second-order valence-electron chi connectivity index (χ2n) is 5.38. The molecule has 2 heterocycles. The number of para-hydroxylation sites is 1. The SMILES string of the molecule is CCC1CN(Cc2cn(C)nn2)c2ccccc2CN1. The number of aryl methyl sites for hydroxylation is 1. The zero-order chi connectivity index (χ0) is 13.9. The minimum atomic E-state index is 0.513. The van der Waals surface area contributed by atoms with Gasteiger partial charge in [0.15, 0.2) is 0 Å². The van der Waals surface area contributed by atoms with Gasteiger partial charge in [-0.1, -0.05) is 30.3 Å². The number of benzene rings is 1. The van der Waals surface area contributed by atoms with Crippen LogP contribution in [-0.2, 0) is 20.1 Å². The highest BCUT2D eigenvalue weighted by atomic mass is 15.4. The van der Waals surface area contributed by atoms with E-state index in [1.54, 1.807) is 4.68 Å². The van der Waals surface area contributed by atoms with Crippen LogP contribution in [0.25, 0.3) is 0 Å². The number of hydrogen-bond acceptors (Lipinski definition) is 4. The third-order valence-corrected chi connectivity index (χ3v) is 3.85. The second kappa shape index (κ2) is 5.63. The number of hydrogen-bond donors (Lipinski definition) is 1. The Bertz CT molecular complexity index is 577. The Hall–Kier alpha value is -1.88. The Morgan fingerprint density at radius 2 is 2.20 bits per heavy atom. The summed E-state index contributed by atoms with van der Waals surface area (Å²) >= 11 is 0. The maximum absolute atomic E-state index is 4.22. The van der Waals surface area contributed by atoms with Crippen molar-refractivity contribution in [2.24, 2.45) is 7.05 Å². The fraction of sp³-hybridized carbons (Fsp3) is 0.467. The van der Waals surface area contributed by atoms with Crippen molar-refractivity contribution in [1.29, 1.82) is 0 Å². The van der Waals surface area contributed by atoms with Gasteiger partial charge in [0.2, 0.25) is 0 Å². The maximum atomic E-state index is 4.22. The van der Waals surface area contributed by atoms with Crippen LogP contribution >= 0.6 is 0 Å². The van der Waals surface area contributed by atoms with Crippen LogP contribution in [0.4, 0.5) is 5.69 Å². The van der Waals surface area contributed by atoms with Gasteiger partial charge in [-0.3, -0.25) is 4.68 Å². The molecule has 106 valence electrons. The van der Waals surface area contributed by atoms with E-state index in [0.717, 1.165) is 31.7 Å². The minimum Gasteiger partial charge on any atom is -0.364 e. The van der Waals surface area contributed by atoms with E-state index < -0.39 is 0 Å². The van der Waals surface area contributed by atoms with E-state index in [2.05, 4.69) is 51.7 Å². The van der Waals surface area contributed by atoms with E-state index in [0.29, 0.717) is 6.04 Å². The Labute approximate surface area is 119 Å². The quantitative estimate of drug-likeness (QED) is 0.923. The first kappa shape index (κ1) is 13.1. The molecule has 0 spiro atoms. The summed E-state index contributed by atoms with van der Waals surface area (Å²) in [7, 11) is 1.91. The Morgan fingerprint density at radius 1 is 1.35 bits per heavy atom. The topological polar surface area (TPSA) is 46.0 Å². The first-order valence-corrected chi connectivity index (χ1v) is 7.17. The van der Waals surface area contributed by atoms with Gasteiger partial charge in [-0.2, -0.15) is 0 Å². The average molecular weight is 271 g/mol. The number of anilines is 1. The average Bonchev–Trinajstić information content (AvgIpc) is 2.79. The van der Waals surface area contributed by atoms with E-state index in [1.165, 1.54) is 11.3 Å². The first-order valence-electron chi connectivity index (χ1n) is 7.17. The number of nitrogens with one attached hydrogen (secondary N) is 1. The molecule has 0 aliphatic carbocycles. The van der Waals surface area contributed by atoms with E-state index in [4.69, 9.17) is 0 Å². The van der Waals surface area contributed by atoms with Gasteiger partial charge in [-0.15, -0.1) is 5.10 Å². The predicted octanol–water partition coefficient (Wildman–Crippen LogP) is 1.70. The monoisotopic (exact) mass is 271 g/mol. The van der Waals surface area contributed by atoms with Crippen molar-refractivity contribution in [3.05, 3.63) is 41.7 Å². The van der Waals surface area contributed by atoms with Crippen LogP contribution in [0.15, 0.2) is 30.5 Å². The normalized spacial score (nSPS) is 18.7. The third kappa shape index (κ3) is 2.67. The first-order chi connectivity index (χ1) is 9.76. The molecule has 0 fully saturated rings. The largest absolute Gasteiger partial charge is 0.364 e. The Kier molecular flexibility index (Phi) is 3.69. The lowest BCUT2D eigenvalue weighted by Crippen LogP contribution is -2.37. The molecular weight excluding hydrogens is 250 g/mol. The summed E-state index contributed by atoms with van der Waals surface area (Å²) in [6.45, 7) is 4.98. The zero-order valence-corrected chi connectivity index (χ0v) is 12.1. The van der Waals surface area contributed by atoms with Gasteiger partial charge < -0.3 is 10.2 Å². The number of rotatable bonds is 3. The highest BCUT2D eigenvalue weighted by molar-refractivity contribution is 5.54. The van der Waals surface area contributed by atoms with Gasteiger partial charge >= 0.3 is 0 Å².